The molecule has 1 saturated heterocycles. The van der Waals surface area contributed by atoms with Gasteiger partial charge >= 0.3 is 0 Å². The van der Waals surface area contributed by atoms with E-state index >= 15 is 0 Å². The predicted molar refractivity (Wildman–Crippen MR) is 108 cm³/mol. The van der Waals surface area contributed by atoms with Crippen LogP contribution in [0.5, 0.6) is 0 Å². The maximum Gasteiger partial charge on any atom is 0.188 e. The molecule has 0 saturated carbocycles. The first kappa shape index (κ1) is 16.7. The number of fused-ring (bicyclic) bond motifs is 1. The molecule has 0 aromatic carbocycles. The molecule has 2 N–H and O–H groups in total. The molecule has 8 nitrogen and oxygen atoms in total. The van der Waals surface area contributed by atoms with Gasteiger partial charge in [-0.25, -0.2) is 19.9 Å². The Morgan fingerprint density at radius 2 is 1.78 bits per heavy atom. The Balaban J connectivity index is 1.38. The van der Waals surface area contributed by atoms with Crippen molar-refractivity contribution in [2.75, 3.05) is 25.0 Å². The van der Waals surface area contributed by atoms with Gasteiger partial charge in [0.25, 0.3) is 0 Å². The molecule has 1 aliphatic rings. The molecule has 138 valence electrons. The molecule has 0 spiro atoms. The molecule has 0 atom stereocenters. The molecule has 1 aliphatic heterocycles. The van der Waals surface area contributed by atoms with Crippen LogP contribution < -0.4 is 10.2 Å². The third-order valence-corrected chi connectivity index (χ3v) is 6.91. The van der Waals surface area contributed by atoms with Crippen LogP contribution in [0, 0.1) is 0 Å². The fourth-order valence-electron chi connectivity index (χ4n) is 3.22. The molecule has 4 aromatic rings. The Kier molecular flexibility index (Phi) is 4.30. The minimum Gasteiger partial charge on any atom is -0.348 e. The van der Waals surface area contributed by atoms with Crippen LogP contribution in [0.15, 0.2) is 24.8 Å². The summed E-state index contributed by atoms with van der Waals surface area (Å²) in [6.07, 6.45) is 9.47. The topological polar surface area (TPSA) is 95.5 Å². The van der Waals surface area contributed by atoms with Crippen LogP contribution in [0.1, 0.15) is 12.8 Å². The fraction of sp³-hybridized carbons (Fsp3) is 0.353. The van der Waals surface area contributed by atoms with Gasteiger partial charge in [0.2, 0.25) is 0 Å². The fourth-order valence-corrected chi connectivity index (χ4v) is 5.24. The van der Waals surface area contributed by atoms with Gasteiger partial charge in [0.1, 0.15) is 0 Å². The van der Waals surface area contributed by atoms with Gasteiger partial charge < -0.3 is 10.2 Å². The number of hydrogen-bond donors (Lipinski definition) is 2. The van der Waals surface area contributed by atoms with Crippen LogP contribution in [0.4, 0.5) is 5.13 Å². The lowest BCUT2D eigenvalue weighted by Crippen LogP contribution is -2.41. The molecule has 0 radical (unpaired) electrons. The highest BCUT2D eigenvalue weighted by atomic mass is 32.1. The highest BCUT2D eigenvalue weighted by molar-refractivity contribution is 7.29. The molecule has 10 heteroatoms. The van der Waals surface area contributed by atoms with E-state index in [2.05, 4.69) is 37.4 Å². The average molecular weight is 399 g/mol. The summed E-state index contributed by atoms with van der Waals surface area (Å²) in [7, 11) is 2.14. The lowest BCUT2D eigenvalue weighted by atomic mass is 10.1. The summed E-state index contributed by atoms with van der Waals surface area (Å²) >= 11 is 3.19. The Labute approximate surface area is 163 Å². The largest absolute Gasteiger partial charge is 0.348 e. The van der Waals surface area contributed by atoms with Crippen molar-refractivity contribution in [1.82, 2.24) is 35.5 Å². The highest BCUT2D eigenvalue weighted by Crippen LogP contribution is 2.36. The Bertz CT molecular complexity index is 999. The first-order valence-electron chi connectivity index (χ1n) is 8.80. The van der Waals surface area contributed by atoms with Crippen LogP contribution in [0.3, 0.4) is 0 Å². The maximum atomic E-state index is 4.80. The summed E-state index contributed by atoms with van der Waals surface area (Å²) in [4.78, 5) is 22.7. The van der Waals surface area contributed by atoms with Crippen molar-refractivity contribution < 1.29 is 0 Å². The Morgan fingerprint density at radius 1 is 1.00 bits per heavy atom. The van der Waals surface area contributed by atoms with Crippen molar-refractivity contribution in [1.29, 1.82) is 0 Å². The van der Waals surface area contributed by atoms with Gasteiger partial charge in [0.05, 0.1) is 6.20 Å². The van der Waals surface area contributed by atoms with Crippen LogP contribution in [0.25, 0.3) is 31.6 Å². The van der Waals surface area contributed by atoms with Crippen molar-refractivity contribution >= 4 is 37.5 Å². The molecule has 5 rings (SSSR count). The summed E-state index contributed by atoms with van der Waals surface area (Å²) in [5.41, 5.74) is 1.89. The van der Waals surface area contributed by atoms with Gasteiger partial charge in [-0.2, -0.15) is 5.10 Å². The Morgan fingerprint density at radius 3 is 2.48 bits per heavy atom. The smallest absolute Gasteiger partial charge is 0.188 e. The molecule has 5 heterocycles. The van der Waals surface area contributed by atoms with E-state index in [4.69, 9.17) is 9.97 Å². The van der Waals surface area contributed by atoms with E-state index in [0.717, 1.165) is 56.9 Å². The second-order valence-corrected chi connectivity index (χ2v) is 8.43. The van der Waals surface area contributed by atoms with E-state index in [-0.39, 0.29) is 0 Å². The van der Waals surface area contributed by atoms with E-state index in [1.807, 2.05) is 6.20 Å². The highest BCUT2D eigenvalue weighted by Gasteiger charge is 2.22. The zero-order chi connectivity index (χ0) is 18.2. The minimum absolute atomic E-state index is 0.546. The number of nitrogens with zero attached hydrogens (tertiary/aromatic N) is 6. The number of hydrogen-bond acceptors (Lipinski definition) is 9. The lowest BCUT2D eigenvalue weighted by Gasteiger charge is -2.31. The summed E-state index contributed by atoms with van der Waals surface area (Å²) in [5.74, 6) is 0.630. The molecule has 4 aromatic heterocycles. The number of nitrogens with one attached hydrogen (secondary N) is 2. The van der Waals surface area contributed by atoms with Gasteiger partial charge in [-0.3, -0.25) is 5.10 Å². The monoisotopic (exact) mass is 398 g/mol. The van der Waals surface area contributed by atoms with E-state index in [1.165, 1.54) is 0 Å². The number of aromatic amines is 1. The molecular weight excluding hydrogens is 380 g/mol. The third kappa shape index (κ3) is 3.20. The third-order valence-electron chi connectivity index (χ3n) is 4.80. The van der Waals surface area contributed by atoms with Gasteiger partial charge in [0.15, 0.2) is 25.6 Å². The second kappa shape index (κ2) is 6.95. The molecular formula is C17H18N8S2. The first-order chi connectivity index (χ1) is 13.3. The SMILES string of the molecule is CN(c1nc2sc(-c3ncc(-c4cn[nH]c4)cn3)nc2s1)C1CCNCC1. The summed E-state index contributed by atoms with van der Waals surface area (Å²) in [5, 5.41) is 12.0. The second-order valence-electron chi connectivity index (χ2n) is 6.50. The van der Waals surface area contributed by atoms with Gasteiger partial charge in [0, 0.05) is 42.8 Å². The molecule has 27 heavy (non-hydrogen) atoms. The normalized spacial score (nSPS) is 15.4. The number of piperidine rings is 1. The minimum atomic E-state index is 0.546. The van der Waals surface area contributed by atoms with Crippen molar-refractivity contribution in [3.05, 3.63) is 24.8 Å². The molecule has 1 fully saturated rings. The number of H-pyrrole nitrogens is 1. The molecule has 0 bridgehead atoms. The van der Waals surface area contributed by atoms with Crippen LogP contribution in [-0.2, 0) is 0 Å². The van der Waals surface area contributed by atoms with E-state index in [0.29, 0.717) is 11.9 Å². The average Bonchev–Trinajstić information content (AvgIpc) is 3.44. The van der Waals surface area contributed by atoms with Crippen molar-refractivity contribution in [3.63, 3.8) is 0 Å². The zero-order valence-electron chi connectivity index (χ0n) is 14.7. The van der Waals surface area contributed by atoms with Gasteiger partial charge in [-0.15, -0.1) is 0 Å². The number of anilines is 1. The van der Waals surface area contributed by atoms with Crippen molar-refractivity contribution in [2.24, 2.45) is 0 Å². The molecule has 0 amide bonds. The van der Waals surface area contributed by atoms with E-state index < -0.39 is 0 Å². The molecule has 0 unspecified atom stereocenters. The number of thiazole rings is 2. The maximum absolute atomic E-state index is 4.80. The van der Waals surface area contributed by atoms with Crippen LogP contribution in [-0.4, -0.2) is 56.3 Å². The first-order valence-corrected chi connectivity index (χ1v) is 10.4. The standard InChI is InChI=1S/C17H18N8S2/c1-25(12-2-4-18-5-3-12)17-24-16-15(27-17)23-14(26-16)13-19-6-10(7-20-13)11-8-21-22-9-11/h6-9,12,18H,2-5H2,1H3,(H,21,22). The molecule has 0 aliphatic carbocycles. The summed E-state index contributed by atoms with van der Waals surface area (Å²) < 4.78 is 0. The summed E-state index contributed by atoms with van der Waals surface area (Å²) in [6, 6.07) is 0.546. The van der Waals surface area contributed by atoms with E-state index in [1.54, 1.807) is 41.3 Å². The van der Waals surface area contributed by atoms with Crippen molar-refractivity contribution in [2.45, 2.75) is 18.9 Å². The predicted octanol–water partition coefficient (Wildman–Crippen LogP) is 2.79. The lowest BCUT2D eigenvalue weighted by molar-refractivity contribution is 0.443. The quantitative estimate of drug-likeness (QED) is 0.546. The van der Waals surface area contributed by atoms with Crippen LogP contribution >= 0.6 is 22.7 Å². The zero-order valence-corrected chi connectivity index (χ0v) is 16.3. The Hall–Kier alpha value is -2.43. The van der Waals surface area contributed by atoms with E-state index in [9.17, 15) is 0 Å². The van der Waals surface area contributed by atoms with Crippen LogP contribution in [0.2, 0.25) is 0 Å². The number of aromatic nitrogens is 6. The number of rotatable bonds is 4. The summed E-state index contributed by atoms with van der Waals surface area (Å²) in [6.45, 7) is 2.15. The van der Waals surface area contributed by atoms with Crippen molar-refractivity contribution in [3.8, 4) is 22.0 Å². The van der Waals surface area contributed by atoms with Gasteiger partial charge in [-0.05, 0) is 25.9 Å². The van der Waals surface area contributed by atoms with Gasteiger partial charge in [-0.1, -0.05) is 22.7 Å².